The van der Waals surface area contributed by atoms with E-state index in [2.05, 4.69) is 9.82 Å². The van der Waals surface area contributed by atoms with Crippen LogP contribution < -0.4 is 4.72 Å². The molecule has 0 bridgehead atoms. The first-order chi connectivity index (χ1) is 13.9. The van der Waals surface area contributed by atoms with Gasteiger partial charge in [-0.2, -0.15) is 4.31 Å². The highest BCUT2D eigenvalue weighted by Gasteiger charge is 2.27. The molecule has 1 saturated heterocycles. The first kappa shape index (κ1) is 19.6. The van der Waals surface area contributed by atoms with E-state index in [1.54, 1.807) is 16.9 Å². The second kappa shape index (κ2) is 7.62. The fourth-order valence-corrected chi connectivity index (χ4v) is 5.68. The molecule has 4 rings (SSSR count). The lowest BCUT2D eigenvalue weighted by Crippen LogP contribution is -2.27. The summed E-state index contributed by atoms with van der Waals surface area (Å²) >= 11 is 0. The molecule has 3 aromatic rings. The number of aromatic nitrogens is 2. The summed E-state index contributed by atoms with van der Waals surface area (Å²) in [5, 5.41) is 4.22. The third-order valence-corrected chi connectivity index (χ3v) is 7.97. The smallest absolute Gasteiger partial charge is 0.262 e. The van der Waals surface area contributed by atoms with Crippen molar-refractivity contribution in [1.29, 1.82) is 0 Å². The van der Waals surface area contributed by atoms with Crippen molar-refractivity contribution in [2.75, 3.05) is 17.8 Å². The number of hydrogen-bond donors (Lipinski definition) is 1. The predicted molar refractivity (Wildman–Crippen MR) is 109 cm³/mol. The summed E-state index contributed by atoms with van der Waals surface area (Å²) in [4.78, 5) is 0.0545. The molecule has 0 aliphatic carbocycles. The van der Waals surface area contributed by atoms with Crippen molar-refractivity contribution in [3.63, 3.8) is 0 Å². The Hall–Kier alpha value is -2.69. The van der Waals surface area contributed by atoms with Crippen LogP contribution in [0.15, 0.2) is 76.7 Å². The van der Waals surface area contributed by atoms with Gasteiger partial charge in [-0.15, -0.1) is 5.10 Å². The van der Waals surface area contributed by atoms with Crippen LogP contribution in [0.25, 0.3) is 5.69 Å². The van der Waals surface area contributed by atoms with E-state index in [4.69, 9.17) is 0 Å². The summed E-state index contributed by atoms with van der Waals surface area (Å²) in [6, 6.07) is 16.1. The zero-order valence-electron chi connectivity index (χ0n) is 15.5. The third-order valence-electron chi connectivity index (χ3n) is 4.69. The van der Waals surface area contributed by atoms with Crippen molar-refractivity contribution in [2.45, 2.75) is 22.6 Å². The van der Waals surface area contributed by atoms with Crippen LogP contribution in [0.3, 0.4) is 0 Å². The number of nitrogens with zero attached hydrogens (tertiary/aromatic N) is 3. The Balaban J connectivity index is 1.53. The zero-order valence-corrected chi connectivity index (χ0v) is 17.1. The van der Waals surface area contributed by atoms with Crippen LogP contribution in [0.2, 0.25) is 0 Å². The van der Waals surface area contributed by atoms with Crippen LogP contribution in [0.4, 0.5) is 5.82 Å². The van der Waals surface area contributed by atoms with Gasteiger partial charge in [0.1, 0.15) is 0 Å². The van der Waals surface area contributed by atoms with Crippen LogP contribution >= 0.6 is 0 Å². The summed E-state index contributed by atoms with van der Waals surface area (Å²) in [5.74, 6) is 0.169. The highest BCUT2D eigenvalue weighted by atomic mass is 32.2. The Morgan fingerprint density at radius 2 is 1.41 bits per heavy atom. The van der Waals surface area contributed by atoms with Gasteiger partial charge in [0, 0.05) is 25.4 Å². The highest BCUT2D eigenvalue weighted by Crippen LogP contribution is 2.23. The first-order valence-electron chi connectivity index (χ1n) is 9.10. The Labute approximate surface area is 169 Å². The monoisotopic (exact) mass is 432 g/mol. The minimum Gasteiger partial charge on any atom is -0.262 e. The maximum Gasteiger partial charge on any atom is 0.263 e. The van der Waals surface area contributed by atoms with Crippen LogP contribution in [0, 0.1) is 0 Å². The molecule has 0 spiro atoms. The molecule has 1 aliphatic heterocycles. The second-order valence-electron chi connectivity index (χ2n) is 6.67. The first-order valence-corrected chi connectivity index (χ1v) is 12.0. The van der Waals surface area contributed by atoms with Gasteiger partial charge >= 0.3 is 0 Å². The molecule has 0 radical (unpaired) electrons. The Morgan fingerprint density at radius 3 is 2.07 bits per heavy atom. The summed E-state index contributed by atoms with van der Waals surface area (Å²) in [6.07, 6.45) is 3.33. The maximum absolute atomic E-state index is 12.6. The van der Waals surface area contributed by atoms with Gasteiger partial charge in [-0.25, -0.2) is 21.5 Å². The molecule has 0 amide bonds. The largest absolute Gasteiger partial charge is 0.263 e. The minimum absolute atomic E-state index is 0.0351. The molecule has 8 nitrogen and oxygen atoms in total. The molecule has 0 unspecified atom stereocenters. The molecule has 2 aromatic carbocycles. The fraction of sp³-hybridized carbons (Fsp3) is 0.211. The highest BCUT2D eigenvalue weighted by molar-refractivity contribution is 7.92. The SMILES string of the molecule is O=S(=O)(Nc1ccn(-c2ccccc2)n1)c1ccc(S(=O)(=O)N2CCCC2)cc1. The van der Waals surface area contributed by atoms with E-state index in [1.165, 1.54) is 28.6 Å². The van der Waals surface area contributed by atoms with E-state index in [0.29, 0.717) is 13.1 Å². The van der Waals surface area contributed by atoms with Gasteiger partial charge in [-0.3, -0.25) is 4.72 Å². The predicted octanol–water partition coefficient (Wildman–Crippen LogP) is 2.46. The summed E-state index contributed by atoms with van der Waals surface area (Å²) < 4.78 is 55.8. The molecule has 0 saturated carbocycles. The van der Waals surface area contributed by atoms with Gasteiger partial charge in [-0.1, -0.05) is 18.2 Å². The van der Waals surface area contributed by atoms with Gasteiger partial charge in [-0.05, 0) is 49.2 Å². The quantitative estimate of drug-likeness (QED) is 0.645. The molecule has 10 heteroatoms. The summed E-state index contributed by atoms with van der Waals surface area (Å²) in [5.41, 5.74) is 0.800. The maximum atomic E-state index is 12.6. The van der Waals surface area contributed by atoms with Crippen molar-refractivity contribution in [3.8, 4) is 5.69 Å². The van der Waals surface area contributed by atoms with E-state index < -0.39 is 20.0 Å². The lowest BCUT2D eigenvalue weighted by atomic mass is 10.3. The standard InChI is InChI=1S/C19H20N4O4S2/c24-28(25,21-19-12-15-23(20-19)16-6-2-1-3-7-16)17-8-10-18(11-9-17)29(26,27)22-13-4-5-14-22/h1-3,6-12,15H,4-5,13-14H2,(H,20,21). The van der Waals surface area contributed by atoms with Crippen molar-refractivity contribution < 1.29 is 16.8 Å². The van der Waals surface area contributed by atoms with Crippen molar-refractivity contribution in [2.24, 2.45) is 0 Å². The molecule has 0 atom stereocenters. The molecule has 152 valence electrons. The van der Waals surface area contributed by atoms with Gasteiger partial charge in [0.15, 0.2) is 5.82 Å². The van der Waals surface area contributed by atoms with Crippen molar-refractivity contribution >= 4 is 25.9 Å². The molecule has 29 heavy (non-hydrogen) atoms. The zero-order chi connectivity index (χ0) is 20.5. The lowest BCUT2D eigenvalue weighted by molar-refractivity contribution is 0.477. The van der Waals surface area contributed by atoms with E-state index >= 15 is 0 Å². The number of benzene rings is 2. The summed E-state index contributed by atoms with van der Waals surface area (Å²) in [6.45, 7) is 0.988. The van der Waals surface area contributed by atoms with E-state index in [1.807, 2.05) is 30.3 Å². The van der Waals surface area contributed by atoms with Crippen LogP contribution in [-0.4, -0.2) is 44.0 Å². The van der Waals surface area contributed by atoms with E-state index in [0.717, 1.165) is 18.5 Å². The topological polar surface area (TPSA) is 101 Å². The minimum atomic E-state index is -3.90. The number of hydrogen-bond acceptors (Lipinski definition) is 5. The number of rotatable bonds is 6. The Bertz CT molecular complexity index is 1200. The van der Waals surface area contributed by atoms with Crippen LogP contribution in [-0.2, 0) is 20.0 Å². The van der Waals surface area contributed by atoms with Crippen molar-refractivity contribution in [3.05, 3.63) is 66.9 Å². The van der Waals surface area contributed by atoms with Gasteiger partial charge < -0.3 is 0 Å². The Morgan fingerprint density at radius 1 is 0.793 bits per heavy atom. The fourth-order valence-electron chi connectivity index (χ4n) is 3.17. The number of nitrogens with one attached hydrogen (secondary N) is 1. The lowest BCUT2D eigenvalue weighted by Gasteiger charge is -2.15. The average molecular weight is 433 g/mol. The van der Waals surface area contributed by atoms with E-state index in [-0.39, 0.29) is 15.6 Å². The van der Waals surface area contributed by atoms with Crippen LogP contribution in [0.5, 0.6) is 0 Å². The van der Waals surface area contributed by atoms with E-state index in [9.17, 15) is 16.8 Å². The molecule has 1 N–H and O–H groups in total. The summed E-state index contributed by atoms with van der Waals surface area (Å²) in [7, 11) is -7.48. The molecular weight excluding hydrogens is 412 g/mol. The Kier molecular flexibility index (Phi) is 5.15. The van der Waals surface area contributed by atoms with Gasteiger partial charge in [0.2, 0.25) is 10.0 Å². The number of anilines is 1. The van der Waals surface area contributed by atoms with Crippen molar-refractivity contribution in [1.82, 2.24) is 14.1 Å². The third kappa shape index (κ3) is 4.04. The average Bonchev–Trinajstić information content (AvgIpc) is 3.41. The molecule has 2 heterocycles. The van der Waals surface area contributed by atoms with Gasteiger partial charge in [0.05, 0.1) is 15.5 Å². The number of sulfonamides is 2. The normalized spacial score (nSPS) is 15.4. The molecule has 1 aliphatic rings. The van der Waals surface area contributed by atoms with Crippen LogP contribution in [0.1, 0.15) is 12.8 Å². The number of para-hydroxylation sites is 1. The van der Waals surface area contributed by atoms with Gasteiger partial charge in [0.25, 0.3) is 10.0 Å². The molecule has 1 aromatic heterocycles. The molecular formula is C19H20N4O4S2. The molecule has 1 fully saturated rings. The second-order valence-corrected chi connectivity index (χ2v) is 10.3.